The molecule has 1 aromatic rings. The highest BCUT2D eigenvalue weighted by Gasteiger charge is 2.29. The zero-order chi connectivity index (χ0) is 13.8. The molecule has 1 aromatic heterocycles. The fourth-order valence-electron chi connectivity index (χ4n) is 2.28. The van der Waals surface area contributed by atoms with E-state index in [1.54, 1.807) is 0 Å². The van der Waals surface area contributed by atoms with Crippen molar-refractivity contribution in [3.8, 4) is 0 Å². The van der Waals surface area contributed by atoms with Crippen LogP contribution < -0.4 is 10.2 Å². The standard InChI is InChI=1S/C12H19N5O2/c1-3-6-13-12-14-8-10(17(18)19)11(15-12)16-7-4-5-9(16)2/h8-9H,3-7H2,1-2H3,(H,13,14,15). The second-order valence-corrected chi connectivity index (χ2v) is 4.77. The van der Waals surface area contributed by atoms with Crippen molar-refractivity contribution in [2.45, 2.75) is 39.2 Å². The minimum Gasteiger partial charge on any atom is -0.354 e. The van der Waals surface area contributed by atoms with Crippen molar-refractivity contribution in [1.82, 2.24) is 9.97 Å². The van der Waals surface area contributed by atoms with Gasteiger partial charge in [0.15, 0.2) is 0 Å². The summed E-state index contributed by atoms with van der Waals surface area (Å²) in [6, 6.07) is 0.285. The minimum absolute atomic E-state index is 0.0178. The predicted molar refractivity (Wildman–Crippen MR) is 73.5 cm³/mol. The van der Waals surface area contributed by atoms with Gasteiger partial charge in [0.05, 0.1) is 4.92 Å². The van der Waals surface area contributed by atoms with E-state index in [9.17, 15) is 10.1 Å². The van der Waals surface area contributed by atoms with E-state index in [4.69, 9.17) is 0 Å². The van der Waals surface area contributed by atoms with Gasteiger partial charge in [0.25, 0.3) is 0 Å². The summed E-state index contributed by atoms with van der Waals surface area (Å²) in [5.41, 5.74) is -0.0178. The van der Waals surface area contributed by atoms with Crippen molar-refractivity contribution in [3.63, 3.8) is 0 Å². The predicted octanol–water partition coefficient (Wildman–Crippen LogP) is 2.20. The van der Waals surface area contributed by atoms with Crippen LogP contribution in [0.4, 0.5) is 17.5 Å². The van der Waals surface area contributed by atoms with Crippen molar-refractivity contribution in [3.05, 3.63) is 16.3 Å². The monoisotopic (exact) mass is 265 g/mol. The second kappa shape index (κ2) is 5.81. The maximum absolute atomic E-state index is 11.1. The van der Waals surface area contributed by atoms with Crippen molar-refractivity contribution >= 4 is 17.5 Å². The summed E-state index contributed by atoms with van der Waals surface area (Å²) < 4.78 is 0. The quantitative estimate of drug-likeness (QED) is 0.649. The van der Waals surface area contributed by atoms with Crippen LogP contribution in [0, 0.1) is 10.1 Å². The fourth-order valence-corrected chi connectivity index (χ4v) is 2.28. The van der Waals surface area contributed by atoms with Crippen LogP contribution in [0.2, 0.25) is 0 Å². The van der Waals surface area contributed by atoms with Crippen LogP contribution in [-0.4, -0.2) is 34.0 Å². The Bertz CT molecular complexity index is 465. The zero-order valence-corrected chi connectivity index (χ0v) is 11.3. The summed E-state index contributed by atoms with van der Waals surface area (Å²) in [4.78, 5) is 21.0. The number of hydrogen-bond acceptors (Lipinski definition) is 6. The van der Waals surface area contributed by atoms with Gasteiger partial charge in [-0.1, -0.05) is 6.92 Å². The number of anilines is 2. The molecule has 104 valence electrons. The molecule has 7 heteroatoms. The summed E-state index contributed by atoms with van der Waals surface area (Å²) in [7, 11) is 0. The summed E-state index contributed by atoms with van der Waals surface area (Å²) in [6.45, 7) is 5.68. The summed E-state index contributed by atoms with van der Waals surface area (Å²) in [6.07, 6.45) is 4.33. The van der Waals surface area contributed by atoms with Gasteiger partial charge in [0.1, 0.15) is 6.20 Å². The van der Waals surface area contributed by atoms with Crippen molar-refractivity contribution in [1.29, 1.82) is 0 Å². The number of rotatable bonds is 5. The molecule has 2 heterocycles. The maximum atomic E-state index is 11.1. The van der Waals surface area contributed by atoms with E-state index in [2.05, 4.69) is 22.2 Å². The van der Waals surface area contributed by atoms with Gasteiger partial charge in [-0.15, -0.1) is 0 Å². The molecule has 0 saturated carbocycles. The minimum atomic E-state index is -0.413. The van der Waals surface area contributed by atoms with Crippen molar-refractivity contribution in [2.75, 3.05) is 23.3 Å². The molecule has 1 aliphatic rings. The third kappa shape index (κ3) is 2.91. The highest BCUT2D eigenvalue weighted by atomic mass is 16.6. The Labute approximate surface area is 112 Å². The van der Waals surface area contributed by atoms with Crippen LogP contribution in [0.25, 0.3) is 0 Å². The van der Waals surface area contributed by atoms with Gasteiger partial charge < -0.3 is 10.2 Å². The number of nitro groups is 1. The van der Waals surface area contributed by atoms with Crippen LogP contribution in [0.3, 0.4) is 0 Å². The molecule has 1 N–H and O–H groups in total. The van der Waals surface area contributed by atoms with Gasteiger partial charge in [-0.3, -0.25) is 10.1 Å². The van der Waals surface area contributed by atoms with E-state index in [-0.39, 0.29) is 11.7 Å². The van der Waals surface area contributed by atoms with Gasteiger partial charge in [0.2, 0.25) is 11.8 Å². The van der Waals surface area contributed by atoms with E-state index in [1.807, 2.05) is 11.8 Å². The Balaban J connectivity index is 2.33. The Morgan fingerprint density at radius 3 is 3.00 bits per heavy atom. The number of hydrogen-bond donors (Lipinski definition) is 1. The van der Waals surface area contributed by atoms with Gasteiger partial charge in [-0.2, -0.15) is 4.98 Å². The van der Waals surface area contributed by atoms with E-state index in [0.29, 0.717) is 11.8 Å². The lowest BCUT2D eigenvalue weighted by Crippen LogP contribution is -2.28. The van der Waals surface area contributed by atoms with Crippen LogP contribution in [0.5, 0.6) is 0 Å². The molecule has 7 nitrogen and oxygen atoms in total. The van der Waals surface area contributed by atoms with Crippen LogP contribution in [-0.2, 0) is 0 Å². The molecular weight excluding hydrogens is 246 g/mol. The van der Waals surface area contributed by atoms with Gasteiger partial charge >= 0.3 is 5.69 Å². The van der Waals surface area contributed by atoms with Crippen molar-refractivity contribution < 1.29 is 4.92 Å². The lowest BCUT2D eigenvalue weighted by atomic mass is 10.2. The number of nitrogens with zero attached hydrogens (tertiary/aromatic N) is 4. The number of aromatic nitrogens is 2. The largest absolute Gasteiger partial charge is 0.354 e. The Kier molecular flexibility index (Phi) is 4.13. The SMILES string of the molecule is CCCNc1ncc([N+](=O)[O-])c(N2CCCC2C)n1. The molecule has 1 atom stereocenters. The van der Waals surface area contributed by atoms with Crippen molar-refractivity contribution in [2.24, 2.45) is 0 Å². The molecule has 1 saturated heterocycles. The van der Waals surface area contributed by atoms with E-state index in [1.165, 1.54) is 6.20 Å². The first kappa shape index (κ1) is 13.5. The van der Waals surface area contributed by atoms with E-state index < -0.39 is 4.92 Å². The Hall–Kier alpha value is -1.92. The molecular formula is C12H19N5O2. The molecule has 1 unspecified atom stereocenters. The lowest BCUT2D eigenvalue weighted by Gasteiger charge is -2.22. The van der Waals surface area contributed by atoms with Crippen LogP contribution in [0.1, 0.15) is 33.1 Å². The molecule has 0 aliphatic carbocycles. The molecule has 2 rings (SSSR count). The molecule has 0 radical (unpaired) electrons. The number of nitrogens with one attached hydrogen (secondary N) is 1. The van der Waals surface area contributed by atoms with Crippen LogP contribution in [0.15, 0.2) is 6.20 Å². The molecule has 1 aliphatic heterocycles. The Morgan fingerprint density at radius 1 is 1.63 bits per heavy atom. The summed E-state index contributed by atoms with van der Waals surface area (Å²) >= 11 is 0. The fraction of sp³-hybridized carbons (Fsp3) is 0.667. The third-order valence-electron chi connectivity index (χ3n) is 3.30. The highest BCUT2D eigenvalue weighted by Crippen LogP contribution is 2.31. The molecule has 0 bridgehead atoms. The first-order valence-electron chi connectivity index (χ1n) is 6.65. The molecule has 19 heavy (non-hydrogen) atoms. The smallest absolute Gasteiger partial charge is 0.329 e. The van der Waals surface area contributed by atoms with Gasteiger partial charge in [0, 0.05) is 19.1 Å². The average molecular weight is 265 g/mol. The van der Waals surface area contributed by atoms with E-state index in [0.717, 1.165) is 32.4 Å². The normalized spacial score (nSPS) is 18.6. The first-order valence-corrected chi connectivity index (χ1v) is 6.65. The second-order valence-electron chi connectivity index (χ2n) is 4.77. The summed E-state index contributed by atoms with van der Waals surface area (Å²) in [5, 5.41) is 14.2. The zero-order valence-electron chi connectivity index (χ0n) is 11.3. The van der Waals surface area contributed by atoms with E-state index >= 15 is 0 Å². The third-order valence-corrected chi connectivity index (χ3v) is 3.30. The summed E-state index contributed by atoms with van der Waals surface area (Å²) in [5.74, 6) is 0.894. The molecule has 0 aromatic carbocycles. The average Bonchev–Trinajstić information content (AvgIpc) is 2.82. The Morgan fingerprint density at radius 2 is 2.42 bits per heavy atom. The topological polar surface area (TPSA) is 84.2 Å². The maximum Gasteiger partial charge on any atom is 0.329 e. The molecule has 0 amide bonds. The first-order chi connectivity index (χ1) is 9.13. The van der Waals surface area contributed by atoms with Gasteiger partial charge in [-0.05, 0) is 26.2 Å². The van der Waals surface area contributed by atoms with Crippen LogP contribution >= 0.6 is 0 Å². The van der Waals surface area contributed by atoms with Gasteiger partial charge in [-0.25, -0.2) is 4.98 Å². The lowest BCUT2D eigenvalue weighted by molar-refractivity contribution is -0.384. The molecule has 1 fully saturated rings. The molecule has 0 spiro atoms. The highest BCUT2D eigenvalue weighted by molar-refractivity contribution is 5.60.